The number of carbonyl (C=O) groups is 1. The van der Waals surface area contributed by atoms with Gasteiger partial charge in [0, 0.05) is 13.1 Å². The van der Waals surface area contributed by atoms with Crippen molar-refractivity contribution in [3.8, 4) is 5.75 Å². The van der Waals surface area contributed by atoms with Gasteiger partial charge in [-0.2, -0.15) is 0 Å². The van der Waals surface area contributed by atoms with Crippen molar-refractivity contribution in [2.24, 2.45) is 0 Å². The van der Waals surface area contributed by atoms with Gasteiger partial charge in [-0.15, -0.1) is 0 Å². The number of para-hydroxylation sites is 1. The zero-order chi connectivity index (χ0) is 13.7. The van der Waals surface area contributed by atoms with Gasteiger partial charge in [-0.3, -0.25) is 4.79 Å². The molecule has 0 atom stereocenters. The first kappa shape index (κ1) is 13.6. The Labute approximate surface area is 114 Å². The average molecular weight is 260 g/mol. The Kier molecular flexibility index (Phi) is 4.58. The van der Waals surface area contributed by atoms with Gasteiger partial charge in [0.1, 0.15) is 12.4 Å². The molecule has 0 saturated heterocycles. The summed E-state index contributed by atoms with van der Waals surface area (Å²) in [6.45, 7) is 9.39. The quantitative estimate of drug-likeness (QED) is 0.819. The van der Waals surface area contributed by atoms with Crippen molar-refractivity contribution in [2.75, 3.05) is 32.8 Å². The Balaban J connectivity index is 2.07. The molecule has 0 bridgehead atoms. The second-order valence-corrected chi connectivity index (χ2v) is 4.60. The van der Waals surface area contributed by atoms with Crippen molar-refractivity contribution in [2.45, 2.75) is 6.92 Å². The summed E-state index contributed by atoms with van der Waals surface area (Å²) in [7, 11) is 0. The third-order valence-electron chi connectivity index (χ3n) is 3.06. The highest BCUT2D eigenvalue weighted by Crippen LogP contribution is 2.22. The van der Waals surface area contributed by atoms with E-state index in [1.54, 1.807) is 4.90 Å². The molecule has 4 heteroatoms. The molecule has 1 N–H and O–H groups in total. The van der Waals surface area contributed by atoms with Crippen molar-refractivity contribution in [3.05, 3.63) is 42.0 Å². The van der Waals surface area contributed by atoms with E-state index in [9.17, 15) is 4.79 Å². The van der Waals surface area contributed by atoms with Crippen LogP contribution in [0, 0.1) is 0 Å². The summed E-state index contributed by atoms with van der Waals surface area (Å²) in [5.41, 5.74) is 1.64. The van der Waals surface area contributed by atoms with Gasteiger partial charge >= 0.3 is 0 Å². The molecular formula is C15H20N2O2. The number of carbonyl (C=O) groups excluding carboxylic acids is 1. The van der Waals surface area contributed by atoms with E-state index in [0.29, 0.717) is 31.0 Å². The highest BCUT2D eigenvalue weighted by atomic mass is 16.5. The highest BCUT2D eigenvalue weighted by molar-refractivity contribution is 5.97. The van der Waals surface area contributed by atoms with Crippen LogP contribution in [0.4, 0.5) is 0 Å². The first-order valence-corrected chi connectivity index (χ1v) is 6.61. The fourth-order valence-corrected chi connectivity index (χ4v) is 2.09. The maximum Gasteiger partial charge on any atom is 0.258 e. The van der Waals surface area contributed by atoms with Crippen LogP contribution in [-0.4, -0.2) is 43.6 Å². The molecule has 1 heterocycles. The van der Waals surface area contributed by atoms with E-state index < -0.39 is 0 Å². The molecule has 1 amide bonds. The number of likely N-dealkylation sites (N-methyl/N-ethyl adjacent to an activating group) is 1. The lowest BCUT2D eigenvalue weighted by Crippen LogP contribution is -2.35. The molecule has 0 aromatic heterocycles. The third-order valence-corrected chi connectivity index (χ3v) is 3.06. The topological polar surface area (TPSA) is 41.6 Å². The van der Waals surface area contributed by atoms with E-state index in [4.69, 9.17) is 4.74 Å². The lowest BCUT2D eigenvalue weighted by molar-refractivity contribution is 0.0770. The molecule has 0 spiro atoms. The zero-order valence-corrected chi connectivity index (χ0v) is 11.3. The fraction of sp³-hybridized carbons (Fsp3) is 0.400. The number of ether oxygens (including phenoxy) is 1. The molecule has 2 rings (SSSR count). The Morgan fingerprint density at radius 2 is 2.26 bits per heavy atom. The molecular weight excluding hydrogens is 240 g/mol. The van der Waals surface area contributed by atoms with Crippen LogP contribution in [-0.2, 0) is 0 Å². The SMILES string of the molecule is C=C(CNCC)CN1CCOc2ccccc2C1=O. The number of nitrogens with zero attached hydrogens (tertiary/aromatic N) is 1. The van der Waals surface area contributed by atoms with Crippen LogP contribution < -0.4 is 10.1 Å². The van der Waals surface area contributed by atoms with Crippen LogP contribution >= 0.6 is 0 Å². The Bertz CT molecular complexity index is 471. The molecule has 0 saturated carbocycles. The van der Waals surface area contributed by atoms with Gasteiger partial charge in [-0.25, -0.2) is 0 Å². The van der Waals surface area contributed by atoms with Gasteiger partial charge in [0.15, 0.2) is 0 Å². The van der Waals surface area contributed by atoms with E-state index in [1.807, 2.05) is 24.3 Å². The summed E-state index contributed by atoms with van der Waals surface area (Å²) >= 11 is 0. The first-order chi connectivity index (χ1) is 9.22. The van der Waals surface area contributed by atoms with Gasteiger partial charge in [0.2, 0.25) is 0 Å². The van der Waals surface area contributed by atoms with Crippen molar-refractivity contribution in [1.82, 2.24) is 10.2 Å². The molecule has 4 nitrogen and oxygen atoms in total. The second-order valence-electron chi connectivity index (χ2n) is 4.60. The molecule has 1 aliphatic rings. The largest absolute Gasteiger partial charge is 0.491 e. The highest BCUT2D eigenvalue weighted by Gasteiger charge is 2.23. The normalized spacial score (nSPS) is 14.6. The predicted molar refractivity (Wildman–Crippen MR) is 75.5 cm³/mol. The van der Waals surface area contributed by atoms with Crippen molar-refractivity contribution in [3.63, 3.8) is 0 Å². The van der Waals surface area contributed by atoms with Crippen molar-refractivity contribution < 1.29 is 9.53 Å². The zero-order valence-electron chi connectivity index (χ0n) is 11.3. The molecule has 0 radical (unpaired) electrons. The summed E-state index contributed by atoms with van der Waals surface area (Å²) in [4.78, 5) is 14.2. The summed E-state index contributed by atoms with van der Waals surface area (Å²) in [5.74, 6) is 0.693. The van der Waals surface area contributed by atoms with Gasteiger partial charge in [0.05, 0.1) is 12.1 Å². The molecule has 102 valence electrons. The minimum Gasteiger partial charge on any atom is -0.491 e. The lowest BCUT2D eigenvalue weighted by Gasteiger charge is -2.21. The number of fused-ring (bicyclic) bond motifs is 1. The monoisotopic (exact) mass is 260 g/mol. The van der Waals surface area contributed by atoms with Gasteiger partial charge in [-0.1, -0.05) is 25.6 Å². The Morgan fingerprint density at radius 1 is 1.47 bits per heavy atom. The average Bonchev–Trinajstić information content (AvgIpc) is 2.58. The summed E-state index contributed by atoms with van der Waals surface area (Å²) in [5, 5.41) is 3.22. The Hall–Kier alpha value is -1.81. The Morgan fingerprint density at radius 3 is 3.05 bits per heavy atom. The van der Waals surface area contributed by atoms with Crippen LogP contribution in [0.2, 0.25) is 0 Å². The number of amides is 1. The lowest BCUT2D eigenvalue weighted by atomic mass is 10.1. The van der Waals surface area contributed by atoms with Crippen LogP contribution in [0.15, 0.2) is 36.4 Å². The molecule has 0 aliphatic carbocycles. The van der Waals surface area contributed by atoms with Crippen LogP contribution in [0.3, 0.4) is 0 Å². The van der Waals surface area contributed by atoms with E-state index in [-0.39, 0.29) is 5.91 Å². The van der Waals surface area contributed by atoms with E-state index >= 15 is 0 Å². The van der Waals surface area contributed by atoms with Crippen molar-refractivity contribution >= 4 is 5.91 Å². The second kappa shape index (κ2) is 6.38. The van der Waals surface area contributed by atoms with E-state index in [1.165, 1.54) is 0 Å². The van der Waals surface area contributed by atoms with Crippen LogP contribution in [0.25, 0.3) is 0 Å². The molecule has 19 heavy (non-hydrogen) atoms. The minimum absolute atomic E-state index is 0.0192. The summed E-state index contributed by atoms with van der Waals surface area (Å²) in [6.07, 6.45) is 0. The predicted octanol–water partition coefficient (Wildman–Crippen LogP) is 1.69. The van der Waals surface area contributed by atoms with Crippen LogP contribution in [0.1, 0.15) is 17.3 Å². The maximum atomic E-state index is 12.4. The van der Waals surface area contributed by atoms with Gasteiger partial charge < -0.3 is 15.0 Å². The molecule has 1 aromatic carbocycles. The van der Waals surface area contributed by atoms with Gasteiger partial charge in [-0.05, 0) is 24.3 Å². The maximum absolute atomic E-state index is 12.4. The summed E-state index contributed by atoms with van der Waals surface area (Å²) in [6, 6.07) is 7.39. The number of hydrogen-bond acceptors (Lipinski definition) is 3. The van der Waals surface area contributed by atoms with Gasteiger partial charge in [0.25, 0.3) is 5.91 Å². The standard InChI is InChI=1S/C15H20N2O2/c1-3-16-10-12(2)11-17-8-9-19-14-7-5-4-6-13(14)15(17)18/h4-7,16H,2-3,8-11H2,1H3. The van der Waals surface area contributed by atoms with Crippen molar-refractivity contribution in [1.29, 1.82) is 0 Å². The fourth-order valence-electron chi connectivity index (χ4n) is 2.09. The molecule has 0 fully saturated rings. The molecule has 1 aliphatic heterocycles. The number of hydrogen-bond donors (Lipinski definition) is 1. The van der Waals surface area contributed by atoms with Crippen LogP contribution in [0.5, 0.6) is 5.75 Å². The molecule has 0 unspecified atom stereocenters. The van der Waals surface area contributed by atoms with E-state index in [0.717, 1.165) is 18.7 Å². The smallest absolute Gasteiger partial charge is 0.258 e. The van der Waals surface area contributed by atoms with E-state index in [2.05, 4.69) is 18.8 Å². The summed E-state index contributed by atoms with van der Waals surface area (Å²) < 4.78 is 5.60. The number of benzene rings is 1. The minimum atomic E-state index is 0.0192. The molecule has 1 aromatic rings. The number of rotatable bonds is 5. The number of nitrogens with one attached hydrogen (secondary N) is 1. The third kappa shape index (κ3) is 3.35. The first-order valence-electron chi connectivity index (χ1n) is 6.61.